The molecule has 1 amide bonds. The maximum Gasteiger partial charge on any atom is 0.274 e. The number of hydrogen-bond acceptors (Lipinski definition) is 5. The van der Waals surface area contributed by atoms with Crippen molar-refractivity contribution < 1.29 is 9.53 Å². The molecule has 0 saturated heterocycles. The van der Waals surface area contributed by atoms with Crippen LogP contribution in [0.5, 0.6) is 5.75 Å². The molecule has 1 N–H and O–H groups in total. The Morgan fingerprint density at radius 1 is 1.10 bits per heavy atom. The van der Waals surface area contributed by atoms with Crippen molar-refractivity contribution in [2.75, 3.05) is 13.7 Å². The van der Waals surface area contributed by atoms with E-state index in [2.05, 4.69) is 20.6 Å². The molecule has 0 saturated carbocycles. The second-order valence-electron chi connectivity index (χ2n) is 6.77. The first kappa shape index (κ1) is 20.6. The van der Waals surface area contributed by atoms with Crippen LogP contribution in [0.2, 0.25) is 5.02 Å². The number of pyridine rings is 1. The predicted octanol–water partition coefficient (Wildman–Crippen LogP) is 3.96. The Kier molecular flexibility index (Phi) is 6.24. The molecular weight excluding hydrogens is 414 g/mol. The van der Waals surface area contributed by atoms with Crippen LogP contribution >= 0.6 is 11.6 Å². The number of rotatable bonds is 7. The van der Waals surface area contributed by atoms with Crippen LogP contribution < -0.4 is 10.1 Å². The van der Waals surface area contributed by atoms with Crippen LogP contribution in [-0.4, -0.2) is 39.5 Å². The molecule has 0 aliphatic rings. The Balaban J connectivity index is 1.61. The number of aromatic nitrogens is 4. The molecule has 0 bridgehead atoms. The Bertz CT molecular complexity index is 1180. The van der Waals surface area contributed by atoms with Gasteiger partial charge >= 0.3 is 0 Å². The monoisotopic (exact) mass is 433 g/mol. The third-order valence-electron chi connectivity index (χ3n) is 4.75. The van der Waals surface area contributed by atoms with Gasteiger partial charge in [-0.05, 0) is 48.4 Å². The molecule has 156 valence electrons. The minimum Gasteiger partial charge on any atom is -0.497 e. The summed E-state index contributed by atoms with van der Waals surface area (Å²) in [7, 11) is 1.60. The highest BCUT2D eigenvalue weighted by Gasteiger charge is 2.22. The zero-order chi connectivity index (χ0) is 21.6. The van der Waals surface area contributed by atoms with Crippen molar-refractivity contribution in [1.82, 2.24) is 25.3 Å². The summed E-state index contributed by atoms with van der Waals surface area (Å²) in [5, 5.41) is 12.0. The van der Waals surface area contributed by atoms with Crippen LogP contribution in [0.15, 0.2) is 73.1 Å². The van der Waals surface area contributed by atoms with E-state index in [1.54, 1.807) is 24.2 Å². The smallest absolute Gasteiger partial charge is 0.274 e. The van der Waals surface area contributed by atoms with Crippen LogP contribution in [-0.2, 0) is 6.42 Å². The predicted molar refractivity (Wildman–Crippen MR) is 119 cm³/mol. The van der Waals surface area contributed by atoms with E-state index in [0.29, 0.717) is 29.4 Å². The summed E-state index contributed by atoms with van der Waals surface area (Å²) < 4.78 is 6.95. The SMILES string of the molecule is COc1cccc(-n2nnc(C(=O)NCCc3ccc(Cl)cc3)c2-c2ccncc2)c1. The first-order valence-electron chi connectivity index (χ1n) is 9.69. The molecule has 0 aliphatic carbocycles. The molecule has 0 spiro atoms. The van der Waals surface area contributed by atoms with Gasteiger partial charge in [0.15, 0.2) is 5.69 Å². The number of hydrogen-bond donors (Lipinski definition) is 1. The second kappa shape index (κ2) is 9.40. The number of carbonyl (C=O) groups is 1. The molecule has 4 aromatic rings. The van der Waals surface area contributed by atoms with E-state index >= 15 is 0 Å². The summed E-state index contributed by atoms with van der Waals surface area (Å²) >= 11 is 5.92. The van der Waals surface area contributed by atoms with Crippen LogP contribution in [0.1, 0.15) is 16.1 Å². The van der Waals surface area contributed by atoms with E-state index in [1.165, 1.54) is 0 Å². The summed E-state index contributed by atoms with van der Waals surface area (Å²) in [5.74, 6) is 0.387. The second-order valence-corrected chi connectivity index (χ2v) is 7.20. The quantitative estimate of drug-likeness (QED) is 0.477. The lowest BCUT2D eigenvalue weighted by molar-refractivity contribution is 0.0949. The van der Waals surface area contributed by atoms with Gasteiger partial charge in [-0.2, -0.15) is 0 Å². The standard InChI is InChI=1S/C23H20ClN5O2/c1-31-20-4-2-3-19(15-20)29-22(17-10-12-25-13-11-17)21(27-28-29)23(30)26-14-9-16-5-7-18(24)8-6-16/h2-8,10-13,15H,9,14H2,1H3,(H,26,30). The molecule has 0 aliphatic heterocycles. The lowest BCUT2D eigenvalue weighted by Gasteiger charge is -2.10. The first-order chi connectivity index (χ1) is 15.2. The van der Waals surface area contributed by atoms with Gasteiger partial charge in [-0.25, -0.2) is 4.68 Å². The summed E-state index contributed by atoms with van der Waals surface area (Å²) in [6, 6.07) is 18.6. The largest absolute Gasteiger partial charge is 0.497 e. The highest BCUT2D eigenvalue weighted by atomic mass is 35.5. The van der Waals surface area contributed by atoms with Crippen LogP contribution in [0, 0.1) is 0 Å². The number of halogens is 1. The van der Waals surface area contributed by atoms with Gasteiger partial charge in [0.05, 0.1) is 12.8 Å². The lowest BCUT2D eigenvalue weighted by atomic mass is 10.1. The average Bonchev–Trinajstić information content (AvgIpc) is 3.26. The van der Waals surface area contributed by atoms with Gasteiger partial charge in [-0.3, -0.25) is 9.78 Å². The van der Waals surface area contributed by atoms with Gasteiger partial charge in [0.25, 0.3) is 5.91 Å². The number of nitrogens with zero attached hydrogens (tertiary/aromatic N) is 4. The number of methoxy groups -OCH3 is 1. The van der Waals surface area contributed by atoms with Crippen molar-refractivity contribution in [3.8, 4) is 22.7 Å². The van der Waals surface area contributed by atoms with E-state index in [4.69, 9.17) is 16.3 Å². The number of carbonyl (C=O) groups excluding carboxylic acids is 1. The molecule has 0 atom stereocenters. The fourth-order valence-electron chi connectivity index (χ4n) is 3.18. The molecule has 2 aromatic carbocycles. The van der Waals surface area contributed by atoms with Gasteiger partial charge in [0, 0.05) is 35.6 Å². The highest BCUT2D eigenvalue weighted by molar-refractivity contribution is 6.30. The number of benzene rings is 2. The normalized spacial score (nSPS) is 10.6. The third-order valence-corrected chi connectivity index (χ3v) is 5.00. The summed E-state index contributed by atoms with van der Waals surface area (Å²) in [6.45, 7) is 0.461. The third kappa shape index (κ3) is 4.73. The Hall–Kier alpha value is -3.71. The van der Waals surface area contributed by atoms with Gasteiger partial charge in [-0.15, -0.1) is 5.10 Å². The molecule has 0 fully saturated rings. The van der Waals surface area contributed by atoms with Crippen LogP contribution in [0.4, 0.5) is 0 Å². The molecule has 2 heterocycles. The zero-order valence-electron chi connectivity index (χ0n) is 16.8. The fourth-order valence-corrected chi connectivity index (χ4v) is 3.31. The van der Waals surface area contributed by atoms with E-state index in [1.807, 2.05) is 60.7 Å². The zero-order valence-corrected chi connectivity index (χ0v) is 17.6. The molecule has 8 heteroatoms. The minimum atomic E-state index is -0.296. The van der Waals surface area contributed by atoms with Crippen molar-refractivity contribution in [2.24, 2.45) is 0 Å². The molecular formula is C23H20ClN5O2. The van der Waals surface area contributed by atoms with Gasteiger partial charge in [-0.1, -0.05) is 35.0 Å². The topological polar surface area (TPSA) is 81.9 Å². The molecule has 4 rings (SSSR count). The minimum absolute atomic E-state index is 0.241. The molecule has 7 nitrogen and oxygen atoms in total. The molecule has 2 aromatic heterocycles. The maximum atomic E-state index is 13.0. The average molecular weight is 434 g/mol. The summed E-state index contributed by atoms with van der Waals surface area (Å²) in [4.78, 5) is 17.0. The van der Waals surface area contributed by atoms with E-state index < -0.39 is 0 Å². The van der Waals surface area contributed by atoms with Crippen molar-refractivity contribution in [3.05, 3.63) is 89.3 Å². The summed E-state index contributed by atoms with van der Waals surface area (Å²) in [5.41, 5.74) is 3.42. The van der Waals surface area contributed by atoms with Crippen molar-refractivity contribution in [1.29, 1.82) is 0 Å². The highest BCUT2D eigenvalue weighted by Crippen LogP contribution is 2.26. The number of nitrogens with one attached hydrogen (secondary N) is 1. The Morgan fingerprint density at radius 2 is 1.87 bits per heavy atom. The molecule has 0 unspecified atom stereocenters. The van der Waals surface area contributed by atoms with Crippen LogP contribution in [0.25, 0.3) is 16.9 Å². The number of amides is 1. The lowest BCUT2D eigenvalue weighted by Crippen LogP contribution is -2.26. The van der Waals surface area contributed by atoms with E-state index in [9.17, 15) is 4.79 Å². The molecule has 31 heavy (non-hydrogen) atoms. The van der Waals surface area contributed by atoms with E-state index in [-0.39, 0.29) is 11.6 Å². The Morgan fingerprint density at radius 3 is 2.61 bits per heavy atom. The Labute approximate surface area is 184 Å². The maximum absolute atomic E-state index is 13.0. The van der Waals surface area contributed by atoms with Crippen molar-refractivity contribution in [3.63, 3.8) is 0 Å². The fraction of sp³-hybridized carbons (Fsp3) is 0.130. The van der Waals surface area contributed by atoms with E-state index in [0.717, 1.165) is 16.8 Å². The van der Waals surface area contributed by atoms with Crippen molar-refractivity contribution >= 4 is 17.5 Å². The van der Waals surface area contributed by atoms with Gasteiger partial charge in [0.2, 0.25) is 0 Å². The van der Waals surface area contributed by atoms with Gasteiger partial charge in [0.1, 0.15) is 11.4 Å². The number of ether oxygens (including phenoxy) is 1. The molecule has 0 radical (unpaired) electrons. The first-order valence-corrected chi connectivity index (χ1v) is 10.1. The van der Waals surface area contributed by atoms with Gasteiger partial charge < -0.3 is 10.1 Å². The van der Waals surface area contributed by atoms with Crippen molar-refractivity contribution in [2.45, 2.75) is 6.42 Å². The van der Waals surface area contributed by atoms with Crippen LogP contribution in [0.3, 0.4) is 0 Å². The summed E-state index contributed by atoms with van der Waals surface area (Å²) in [6.07, 6.45) is 4.01.